The lowest BCUT2D eigenvalue weighted by molar-refractivity contribution is -0.122. The summed E-state index contributed by atoms with van der Waals surface area (Å²) in [5, 5.41) is 5.88. The SMILES string of the molecule is CC(=O)NC(C)c1nc2ccccc2n1CC(=O)NC(C)c1ccccc1. The Morgan fingerprint density at radius 2 is 1.63 bits per heavy atom. The minimum Gasteiger partial charge on any atom is -0.348 e. The van der Waals surface area contributed by atoms with E-state index in [2.05, 4.69) is 15.6 Å². The molecule has 6 heteroatoms. The van der Waals surface area contributed by atoms with Crippen molar-refractivity contribution < 1.29 is 9.59 Å². The average molecular weight is 364 g/mol. The number of hydrogen-bond donors (Lipinski definition) is 2. The standard InChI is InChI=1S/C21H24N4O2/c1-14(17-9-5-4-6-10-17)23-20(27)13-25-19-12-8-7-11-18(19)24-21(25)15(2)22-16(3)26/h4-12,14-15H,13H2,1-3H3,(H,22,26)(H,23,27). The second-order valence-electron chi connectivity index (χ2n) is 6.67. The van der Waals surface area contributed by atoms with Gasteiger partial charge in [0.25, 0.3) is 0 Å². The van der Waals surface area contributed by atoms with E-state index in [1.807, 2.05) is 73.0 Å². The maximum absolute atomic E-state index is 12.7. The fourth-order valence-electron chi connectivity index (χ4n) is 3.22. The number of hydrogen-bond acceptors (Lipinski definition) is 3. The molecule has 0 aliphatic rings. The molecule has 0 aliphatic heterocycles. The second kappa shape index (κ2) is 8.03. The Hall–Kier alpha value is -3.15. The third kappa shape index (κ3) is 4.34. The predicted molar refractivity (Wildman–Crippen MR) is 105 cm³/mol. The number of nitrogens with one attached hydrogen (secondary N) is 2. The van der Waals surface area contributed by atoms with Gasteiger partial charge in [-0.15, -0.1) is 0 Å². The molecular weight excluding hydrogens is 340 g/mol. The molecule has 0 radical (unpaired) electrons. The summed E-state index contributed by atoms with van der Waals surface area (Å²) in [6.07, 6.45) is 0. The smallest absolute Gasteiger partial charge is 0.240 e. The van der Waals surface area contributed by atoms with Crippen LogP contribution in [0.25, 0.3) is 11.0 Å². The van der Waals surface area contributed by atoms with Crippen molar-refractivity contribution in [3.8, 4) is 0 Å². The molecule has 1 heterocycles. The second-order valence-corrected chi connectivity index (χ2v) is 6.67. The summed E-state index contributed by atoms with van der Waals surface area (Å²) in [5.41, 5.74) is 2.72. The number of benzene rings is 2. The maximum atomic E-state index is 12.7. The zero-order valence-corrected chi connectivity index (χ0v) is 15.8. The van der Waals surface area contributed by atoms with Crippen molar-refractivity contribution in [2.24, 2.45) is 0 Å². The first-order valence-corrected chi connectivity index (χ1v) is 9.02. The minimum absolute atomic E-state index is 0.0929. The normalized spacial score (nSPS) is 13.1. The van der Waals surface area contributed by atoms with Crippen molar-refractivity contribution in [2.75, 3.05) is 0 Å². The highest BCUT2D eigenvalue weighted by molar-refractivity contribution is 5.81. The van der Waals surface area contributed by atoms with Crippen LogP contribution >= 0.6 is 0 Å². The van der Waals surface area contributed by atoms with Crippen molar-refractivity contribution in [2.45, 2.75) is 39.4 Å². The van der Waals surface area contributed by atoms with Gasteiger partial charge in [-0.3, -0.25) is 9.59 Å². The lowest BCUT2D eigenvalue weighted by Crippen LogP contribution is -2.32. The minimum atomic E-state index is -0.297. The van der Waals surface area contributed by atoms with Crippen molar-refractivity contribution in [1.29, 1.82) is 0 Å². The molecule has 0 aliphatic carbocycles. The van der Waals surface area contributed by atoms with Gasteiger partial charge in [0.2, 0.25) is 11.8 Å². The molecule has 0 fully saturated rings. The molecule has 3 rings (SSSR count). The Morgan fingerprint density at radius 3 is 2.33 bits per heavy atom. The number of aromatic nitrogens is 2. The van der Waals surface area contributed by atoms with Gasteiger partial charge in [0, 0.05) is 6.92 Å². The number of imidazole rings is 1. The van der Waals surface area contributed by atoms with Gasteiger partial charge in [0.15, 0.2) is 0 Å². The van der Waals surface area contributed by atoms with Gasteiger partial charge in [0.1, 0.15) is 12.4 Å². The lowest BCUT2D eigenvalue weighted by Gasteiger charge is -2.18. The molecule has 2 N–H and O–H groups in total. The van der Waals surface area contributed by atoms with Gasteiger partial charge >= 0.3 is 0 Å². The predicted octanol–water partition coefficient (Wildman–Crippen LogP) is 3.11. The molecule has 0 spiro atoms. The highest BCUT2D eigenvalue weighted by atomic mass is 16.2. The summed E-state index contributed by atoms with van der Waals surface area (Å²) >= 11 is 0. The first-order chi connectivity index (χ1) is 13.0. The molecule has 0 saturated heterocycles. The summed E-state index contributed by atoms with van der Waals surface area (Å²) in [6, 6.07) is 17.1. The van der Waals surface area contributed by atoms with Gasteiger partial charge in [-0.2, -0.15) is 0 Å². The van der Waals surface area contributed by atoms with E-state index in [0.717, 1.165) is 16.6 Å². The van der Waals surface area contributed by atoms with Crippen molar-refractivity contribution >= 4 is 22.8 Å². The monoisotopic (exact) mass is 364 g/mol. The summed E-state index contributed by atoms with van der Waals surface area (Å²) in [7, 11) is 0. The van der Waals surface area contributed by atoms with Crippen LogP contribution in [0.15, 0.2) is 54.6 Å². The topological polar surface area (TPSA) is 76.0 Å². The van der Waals surface area contributed by atoms with Gasteiger partial charge in [0.05, 0.1) is 23.1 Å². The number of para-hydroxylation sites is 2. The van der Waals surface area contributed by atoms with E-state index in [-0.39, 0.29) is 30.4 Å². The fraction of sp³-hybridized carbons (Fsp3) is 0.286. The molecule has 27 heavy (non-hydrogen) atoms. The molecule has 2 atom stereocenters. The van der Waals surface area contributed by atoms with E-state index in [1.54, 1.807) is 0 Å². The Morgan fingerprint density at radius 1 is 0.963 bits per heavy atom. The van der Waals surface area contributed by atoms with Gasteiger partial charge in [-0.25, -0.2) is 4.98 Å². The van der Waals surface area contributed by atoms with E-state index in [1.165, 1.54) is 6.92 Å². The molecule has 0 saturated carbocycles. The third-order valence-corrected chi connectivity index (χ3v) is 4.47. The van der Waals surface area contributed by atoms with Crippen LogP contribution in [0.1, 0.15) is 44.2 Å². The average Bonchev–Trinajstić information content (AvgIpc) is 3.00. The summed E-state index contributed by atoms with van der Waals surface area (Å²) < 4.78 is 1.86. The van der Waals surface area contributed by atoms with Crippen LogP contribution in [0, 0.1) is 0 Å². The quantitative estimate of drug-likeness (QED) is 0.706. The molecule has 2 amide bonds. The van der Waals surface area contributed by atoms with Crippen LogP contribution in [0.2, 0.25) is 0 Å². The number of amides is 2. The molecule has 0 bridgehead atoms. The first kappa shape index (κ1) is 18.6. The van der Waals surface area contributed by atoms with Crippen molar-refractivity contribution in [3.05, 3.63) is 66.0 Å². The zero-order chi connectivity index (χ0) is 19.4. The van der Waals surface area contributed by atoms with E-state index in [4.69, 9.17) is 0 Å². The Balaban J connectivity index is 1.84. The van der Waals surface area contributed by atoms with Crippen molar-refractivity contribution in [1.82, 2.24) is 20.2 Å². The molecule has 6 nitrogen and oxygen atoms in total. The Bertz CT molecular complexity index is 949. The molecule has 2 aromatic carbocycles. The van der Waals surface area contributed by atoms with Crippen LogP contribution < -0.4 is 10.6 Å². The Kier molecular flexibility index (Phi) is 5.54. The first-order valence-electron chi connectivity index (χ1n) is 9.02. The van der Waals surface area contributed by atoms with Crippen molar-refractivity contribution in [3.63, 3.8) is 0 Å². The largest absolute Gasteiger partial charge is 0.348 e. The lowest BCUT2D eigenvalue weighted by atomic mass is 10.1. The number of nitrogens with zero attached hydrogens (tertiary/aromatic N) is 2. The van der Waals surface area contributed by atoms with E-state index in [0.29, 0.717) is 5.82 Å². The van der Waals surface area contributed by atoms with E-state index >= 15 is 0 Å². The molecule has 140 valence electrons. The van der Waals surface area contributed by atoms with Crippen LogP contribution in [-0.4, -0.2) is 21.4 Å². The highest BCUT2D eigenvalue weighted by Crippen LogP contribution is 2.21. The fourth-order valence-corrected chi connectivity index (χ4v) is 3.22. The van der Waals surface area contributed by atoms with Crippen LogP contribution in [0.4, 0.5) is 0 Å². The summed E-state index contributed by atoms with van der Waals surface area (Å²) in [6.45, 7) is 5.43. The van der Waals surface area contributed by atoms with E-state index < -0.39 is 0 Å². The number of fused-ring (bicyclic) bond motifs is 1. The van der Waals surface area contributed by atoms with Crippen LogP contribution in [-0.2, 0) is 16.1 Å². The highest BCUT2D eigenvalue weighted by Gasteiger charge is 2.19. The maximum Gasteiger partial charge on any atom is 0.240 e. The molecule has 3 aromatic rings. The van der Waals surface area contributed by atoms with Crippen LogP contribution in [0.5, 0.6) is 0 Å². The summed E-state index contributed by atoms with van der Waals surface area (Å²) in [5.74, 6) is 0.419. The number of carbonyl (C=O) groups excluding carboxylic acids is 2. The van der Waals surface area contributed by atoms with Gasteiger partial charge in [-0.05, 0) is 31.5 Å². The summed E-state index contributed by atoms with van der Waals surface area (Å²) in [4.78, 5) is 28.8. The van der Waals surface area contributed by atoms with Gasteiger partial charge < -0.3 is 15.2 Å². The number of carbonyl (C=O) groups is 2. The Labute approximate surface area is 158 Å². The third-order valence-electron chi connectivity index (χ3n) is 4.47. The molecule has 1 aromatic heterocycles. The number of rotatable bonds is 6. The van der Waals surface area contributed by atoms with Gasteiger partial charge in [-0.1, -0.05) is 42.5 Å². The molecular formula is C21H24N4O2. The molecule has 2 unspecified atom stereocenters. The zero-order valence-electron chi connectivity index (χ0n) is 15.8. The van der Waals surface area contributed by atoms with E-state index in [9.17, 15) is 9.59 Å². The van der Waals surface area contributed by atoms with Crippen LogP contribution in [0.3, 0.4) is 0 Å².